The van der Waals surface area contributed by atoms with Gasteiger partial charge in [-0.2, -0.15) is 10.1 Å². The largest absolute Gasteiger partial charge is 0.493 e. The molecule has 2 amide bonds. The van der Waals surface area contributed by atoms with Crippen LogP contribution in [0.25, 0.3) is 6.08 Å². The molecule has 10 heteroatoms. The Morgan fingerprint density at radius 1 is 1.03 bits per heavy atom. The van der Waals surface area contributed by atoms with Gasteiger partial charge in [0.1, 0.15) is 0 Å². The molecule has 0 spiro atoms. The van der Waals surface area contributed by atoms with Crippen molar-refractivity contribution in [2.24, 2.45) is 5.10 Å². The number of hydrogen-bond donors (Lipinski definition) is 1. The van der Waals surface area contributed by atoms with E-state index >= 15 is 0 Å². The van der Waals surface area contributed by atoms with E-state index in [9.17, 15) is 14.4 Å². The van der Waals surface area contributed by atoms with Gasteiger partial charge in [0.15, 0.2) is 18.1 Å². The molecule has 0 saturated heterocycles. The van der Waals surface area contributed by atoms with Crippen molar-refractivity contribution in [2.75, 3.05) is 30.6 Å². The van der Waals surface area contributed by atoms with E-state index in [1.807, 2.05) is 24.3 Å². The molecule has 9 nitrogen and oxygen atoms in total. The van der Waals surface area contributed by atoms with Crippen molar-refractivity contribution in [3.05, 3.63) is 87.9 Å². The molecule has 0 aromatic heterocycles. The SMILES string of the molecule is CCOC(=O)c1ccc(NC(=O)COc2ccc(/C=C3/C(=O)N(c4ccc(Br)cc4)N=C3C)cc2OC)cc1. The predicted octanol–water partition coefficient (Wildman–Crippen LogP) is 5.46. The maximum absolute atomic E-state index is 13.0. The second-order valence-electron chi connectivity index (χ2n) is 8.38. The van der Waals surface area contributed by atoms with Crippen LogP contribution in [0.2, 0.25) is 0 Å². The molecular formula is C29H26BrN3O6. The van der Waals surface area contributed by atoms with Crippen molar-refractivity contribution >= 4 is 56.9 Å². The maximum atomic E-state index is 13.0. The smallest absolute Gasteiger partial charge is 0.338 e. The summed E-state index contributed by atoms with van der Waals surface area (Å²) in [6, 6.07) is 18.8. The Morgan fingerprint density at radius 2 is 1.74 bits per heavy atom. The summed E-state index contributed by atoms with van der Waals surface area (Å²) in [6.07, 6.45) is 1.74. The van der Waals surface area contributed by atoms with Gasteiger partial charge in [0.25, 0.3) is 11.8 Å². The maximum Gasteiger partial charge on any atom is 0.338 e. The molecule has 39 heavy (non-hydrogen) atoms. The fourth-order valence-electron chi connectivity index (χ4n) is 3.75. The lowest BCUT2D eigenvalue weighted by molar-refractivity contribution is -0.118. The Bertz CT molecular complexity index is 1450. The summed E-state index contributed by atoms with van der Waals surface area (Å²) < 4.78 is 17.0. The first kappa shape index (κ1) is 27.6. The van der Waals surface area contributed by atoms with E-state index in [1.54, 1.807) is 62.4 Å². The third-order valence-corrected chi connectivity index (χ3v) is 6.20. The van der Waals surface area contributed by atoms with Gasteiger partial charge in [-0.25, -0.2) is 4.79 Å². The van der Waals surface area contributed by atoms with Gasteiger partial charge in [-0.05, 0) is 86.2 Å². The zero-order valence-electron chi connectivity index (χ0n) is 21.6. The lowest BCUT2D eigenvalue weighted by Crippen LogP contribution is -2.21. The number of nitrogens with one attached hydrogen (secondary N) is 1. The van der Waals surface area contributed by atoms with Crippen LogP contribution in [0.3, 0.4) is 0 Å². The van der Waals surface area contributed by atoms with Gasteiger partial charge in [-0.3, -0.25) is 9.59 Å². The van der Waals surface area contributed by atoms with Gasteiger partial charge in [0.05, 0.1) is 36.3 Å². The third-order valence-electron chi connectivity index (χ3n) is 5.67. The number of halogens is 1. The van der Waals surface area contributed by atoms with Crippen LogP contribution in [0.5, 0.6) is 11.5 Å². The number of hydrazone groups is 1. The number of hydrogen-bond acceptors (Lipinski definition) is 7. The highest BCUT2D eigenvalue weighted by Crippen LogP contribution is 2.31. The molecule has 0 aliphatic carbocycles. The van der Waals surface area contributed by atoms with Crippen LogP contribution in [0.1, 0.15) is 29.8 Å². The Labute approximate surface area is 234 Å². The van der Waals surface area contributed by atoms with E-state index in [0.717, 1.165) is 4.47 Å². The number of anilines is 2. The number of carbonyl (C=O) groups excluding carboxylic acids is 3. The van der Waals surface area contributed by atoms with Gasteiger partial charge in [-0.15, -0.1) is 0 Å². The number of amides is 2. The van der Waals surface area contributed by atoms with Crippen LogP contribution >= 0.6 is 15.9 Å². The standard InChI is InChI=1S/C29H26BrN3O6/c1-4-38-29(36)20-6-10-22(11-7-20)31-27(34)17-39-25-14-5-19(16-26(25)37-3)15-24-18(2)32-33(28(24)35)23-12-8-21(30)9-13-23/h5-16H,4,17H2,1-3H3,(H,31,34)/b24-15+. The summed E-state index contributed by atoms with van der Waals surface area (Å²) in [4.78, 5) is 37.2. The molecule has 200 valence electrons. The average molecular weight is 592 g/mol. The molecule has 0 fully saturated rings. The van der Waals surface area contributed by atoms with E-state index in [0.29, 0.717) is 45.3 Å². The molecule has 1 aliphatic rings. The zero-order valence-corrected chi connectivity index (χ0v) is 23.2. The number of esters is 1. The summed E-state index contributed by atoms with van der Waals surface area (Å²) in [6.45, 7) is 3.54. The number of rotatable bonds is 9. The van der Waals surface area contributed by atoms with Crippen molar-refractivity contribution in [3.8, 4) is 11.5 Å². The van der Waals surface area contributed by atoms with Crippen LogP contribution in [0.15, 0.2) is 81.9 Å². The Balaban J connectivity index is 1.40. The summed E-state index contributed by atoms with van der Waals surface area (Å²) >= 11 is 3.39. The molecule has 1 aliphatic heterocycles. The molecule has 1 heterocycles. The minimum absolute atomic E-state index is 0.235. The zero-order chi connectivity index (χ0) is 27.9. The Kier molecular flexibility index (Phi) is 8.77. The van der Waals surface area contributed by atoms with E-state index < -0.39 is 5.97 Å². The van der Waals surface area contributed by atoms with Gasteiger partial charge in [0.2, 0.25) is 0 Å². The molecule has 0 saturated carbocycles. The highest BCUT2D eigenvalue weighted by Gasteiger charge is 2.28. The molecule has 0 atom stereocenters. The van der Waals surface area contributed by atoms with Crippen molar-refractivity contribution in [3.63, 3.8) is 0 Å². The lowest BCUT2D eigenvalue weighted by Gasteiger charge is -2.12. The fourth-order valence-corrected chi connectivity index (χ4v) is 4.01. The first-order valence-corrected chi connectivity index (χ1v) is 12.8. The molecule has 3 aromatic carbocycles. The van der Waals surface area contributed by atoms with Crippen molar-refractivity contribution in [1.82, 2.24) is 0 Å². The molecule has 1 N–H and O–H groups in total. The number of carbonyl (C=O) groups is 3. The Hall–Kier alpha value is -4.44. The molecule has 4 rings (SSSR count). The summed E-state index contributed by atoms with van der Waals surface area (Å²) in [7, 11) is 1.49. The topological polar surface area (TPSA) is 107 Å². The highest BCUT2D eigenvalue weighted by atomic mass is 79.9. The normalized spacial score (nSPS) is 13.7. The molecule has 0 bridgehead atoms. The van der Waals surface area contributed by atoms with Crippen LogP contribution < -0.4 is 19.8 Å². The van der Waals surface area contributed by atoms with Gasteiger partial charge in [-0.1, -0.05) is 22.0 Å². The number of ether oxygens (including phenoxy) is 3. The predicted molar refractivity (Wildman–Crippen MR) is 152 cm³/mol. The van der Waals surface area contributed by atoms with Crippen molar-refractivity contribution in [1.29, 1.82) is 0 Å². The number of nitrogens with zero attached hydrogens (tertiary/aromatic N) is 2. The quantitative estimate of drug-likeness (QED) is 0.262. The minimum Gasteiger partial charge on any atom is -0.493 e. The van der Waals surface area contributed by atoms with E-state index in [4.69, 9.17) is 14.2 Å². The van der Waals surface area contributed by atoms with Crippen LogP contribution in [-0.2, 0) is 14.3 Å². The summed E-state index contributed by atoms with van der Waals surface area (Å²) in [5.41, 5.74) is 3.34. The average Bonchev–Trinajstić information content (AvgIpc) is 3.21. The molecular weight excluding hydrogens is 566 g/mol. The first-order chi connectivity index (χ1) is 18.8. The monoisotopic (exact) mass is 591 g/mol. The van der Waals surface area contributed by atoms with Gasteiger partial charge >= 0.3 is 5.97 Å². The third kappa shape index (κ3) is 6.71. The molecule has 3 aromatic rings. The van der Waals surface area contributed by atoms with Gasteiger partial charge in [0, 0.05) is 10.2 Å². The highest BCUT2D eigenvalue weighted by molar-refractivity contribution is 9.10. The van der Waals surface area contributed by atoms with Gasteiger partial charge < -0.3 is 19.5 Å². The second kappa shape index (κ2) is 12.4. The van der Waals surface area contributed by atoms with E-state index in [-0.39, 0.29) is 25.0 Å². The van der Waals surface area contributed by atoms with Crippen molar-refractivity contribution in [2.45, 2.75) is 13.8 Å². The van der Waals surface area contributed by atoms with Crippen molar-refractivity contribution < 1.29 is 28.6 Å². The fraction of sp³-hybridized carbons (Fsp3) is 0.172. The molecule has 0 radical (unpaired) electrons. The lowest BCUT2D eigenvalue weighted by atomic mass is 10.1. The first-order valence-electron chi connectivity index (χ1n) is 12.0. The minimum atomic E-state index is -0.424. The number of methoxy groups -OCH3 is 1. The Morgan fingerprint density at radius 3 is 2.41 bits per heavy atom. The van der Waals surface area contributed by atoms with Crippen LogP contribution in [0.4, 0.5) is 11.4 Å². The molecule has 0 unspecified atom stereocenters. The van der Waals surface area contributed by atoms with E-state index in [2.05, 4.69) is 26.3 Å². The second-order valence-corrected chi connectivity index (χ2v) is 9.30. The van der Waals surface area contributed by atoms with Crippen LogP contribution in [0, 0.1) is 0 Å². The van der Waals surface area contributed by atoms with E-state index in [1.165, 1.54) is 12.1 Å². The van der Waals surface area contributed by atoms with Crippen LogP contribution in [-0.4, -0.2) is 43.8 Å². The summed E-state index contributed by atoms with van der Waals surface area (Å²) in [5, 5.41) is 8.49. The summed E-state index contributed by atoms with van der Waals surface area (Å²) in [5.74, 6) is -0.274. The number of benzene rings is 3.